The molecule has 1 heterocycles. The molecule has 1 aromatic rings. The fraction of sp³-hybridized carbons (Fsp3) is 0.588. The molecule has 2 amide bonds. The Kier molecular flexibility index (Phi) is 7.06. The Bertz CT molecular complexity index is 481. The van der Waals surface area contributed by atoms with Gasteiger partial charge in [0.25, 0.3) is 0 Å². The van der Waals surface area contributed by atoms with Gasteiger partial charge in [-0.15, -0.1) is 11.8 Å². The Hall–Kier alpha value is -1.20. The first-order chi connectivity index (χ1) is 10.7. The number of thioether (sulfide) groups is 1. The number of likely N-dealkylation sites (tertiary alicyclic amines) is 1. The number of nitrogens with one attached hydrogen (secondary N) is 1. The zero-order valence-corrected chi connectivity index (χ0v) is 14.3. The molecule has 0 unspecified atom stereocenters. The lowest BCUT2D eigenvalue weighted by Gasteiger charge is -2.32. The van der Waals surface area contributed by atoms with Gasteiger partial charge in [0.1, 0.15) is 0 Å². The standard InChI is InChI=1S/C17H26N2O2S/c1-3-10-21-15-7-5-9-19(13-15)17(20)18-12-14-6-4-8-16(11-14)22-2/h4,6,8,11,15H,3,5,7,9-10,12-13H2,1-2H3,(H,18,20)/t15-/m0/s1. The number of urea groups is 1. The highest BCUT2D eigenvalue weighted by Crippen LogP contribution is 2.16. The normalized spacial score (nSPS) is 18.3. The Balaban J connectivity index is 1.81. The minimum atomic E-state index is 0.0133. The maximum absolute atomic E-state index is 12.3. The van der Waals surface area contributed by atoms with Gasteiger partial charge in [-0.1, -0.05) is 19.1 Å². The molecular weight excluding hydrogens is 296 g/mol. The van der Waals surface area contributed by atoms with Crippen LogP contribution in [0, 0.1) is 0 Å². The Morgan fingerprint density at radius 3 is 3.14 bits per heavy atom. The second-order valence-electron chi connectivity index (χ2n) is 5.59. The molecule has 1 aromatic carbocycles. The van der Waals surface area contributed by atoms with Gasteiger partial charge in [0.15, 0.2) is 0 Å². The molecule has 1 saturated heterocycles. The van der Waals surface area contributed by atoms with E-state index in [0.29, 0.717) is 13.1 Å². The largest absolute Gasteiger partial charge is 0.376 e. The molecule has 22 heavy (non-hydrogen) atoms. The quantitative estimate of drug-likeness (QED) is 0.815. The number of nitrogens with zero attached hydrogens (tertiary/aromatic N) is 1. The van der Waals surface area contributed by atoms with E-state index in [1.807, 2.05) is 17.0 Å². The van der Waals surface area contributed by atoms with Crippen LogP contribution in [-0.2, 0) is 11.3 Å². The molecule has 2 rings (SSSR count). The topological polar surface area (TPSA) is 41.6 Å². The van der Waals surface area contributed by atoms with Crippen LogP contribution in [0.4, 0.5) is 4.79 Å². The summed E-state index contributed by atoms with van der Waals surface area (Å²) in [6.07, 6.45) is 5.35. The first kappa shape index (κ1) is 17.2. The highest BCUT2D eigenvalue weighted by Gasteiger charge is 2.23. The molecule has 0 aliphatic carbocycles. The molecule has 1 aliphatic heterocycles. The van der Waals surface area contributed by atoms with Gasteiger partial charge in [-0.3, -0.25) is 0 Å². The summed E-state index contributed by atoms with van der Waals surface area (Å²) in [4.78, 5) is 15.4. The SMILES string of the molecule is CCCO[C@H]1CCCN(C(=O)NCc2cccc(SC)c2)C1. The van der Waals surface area contributed by atoms with Crippen molar-refractivity contribution in [2.45, 2.75) is 43.7 Å². The van der Waals surface area contributed by atoms with E-state index in [-0.39, 0.29) is 12.1 Å². The molecule has 0 spiro atoms. The molecule has 122 valence electrons. The lowest BCUT2D eigenvalue weighted by molar-refractivity contribution is 0.0100. The highest BCUT2D eigenvalue weighted by atomic mass is 32.2. The van der Waals surface area contributed by atoms with Crippen LogP contribution >= 0.6 is 11.8 Å². The Morgan fingerprint density at radius 2 is 2.36 bits per heavy atom. The third kappa shape index (κ3) is 5.21. The van der Waals surface area contributed by atoms with Gasteiger partial charge in [0.05, 0.1) is 6.10 Å². The molecule has 0 aromatic heterocycles. The number of benzene rings is 1. The van der Waals surface area contributed by atoms with Crippen molar-refractivity contribution in [3.8, 4) is 0 Å². The number of carbonyl (C=O) groups is 1. The van der Waals surface area contributed by atoms with Crippen molar-refractivity contribution in [1.29, 1.82) is 0 Å². The van der Waals surface area contributed by atoms with Crippen molar-refractivity contribution in [2.24, 2.45) is 0 Å². The van der Waals surface area contributed by atoms with E-state index in [1.54, 1.807) is 11.8 Å². The van der Waals surface area contributed by atoms with Crippen molar-refractivity contribution in [3.05, 3.63) is 29.8 Å². The number of piperidine rings is 1. The zero-order valence-electron chi connectivity index (χ0n) is 13.5. The molecule has 0 bridgehead atoms. The van der Waals surface area contributed by atoms with E-state index in [2.05, 4.69) is 30.6 Å². The van der Waals surface area contributed by atoms with E-state index in [1.165, 1.54) is 4.90 Å². The van der Waals surface area contributed by atoms with Crippen LogP contribution in [0.25, 0.3) is 0 Å². The van der Waals surface area contributed by atoms with Gasteiger partial charge in [-0.2, -0.15) is 0 Å². The second kappa shape index (κ2) is 9.06. The number of hydrogen-bond acceptors (Lipinski definition) is 3. The van der Waals surface area contributed by atoms with Crippen LogP contribution in [0.15, 0.2) is 29.2 Å². The number of rotatable bonds is 6. The van der Waals surface area contributed by atoms with Crippen molar-refractivity contribution in [3.63, 3.8) is 0 Å². The number of carbonyl (C=O) groups excluding carboxylic acids is 1. The molecule has 1 fully saturated rings. The van der Waals surface area contributed by atoms with Crippen LogP contribution < -0.4 is 5.32 Å². The first-order valence-corrected chi connectivity index (χ1v) is 9.22. The van der Waals surface area contributed by atoms with Gasteiger partial charge < -0.3 is 15.0 Å². The van der Waals surface area contributed by atoms with Crippen LogP contribution in [0.5, 0.6) is 0 Å². The summed E-state index contributed by atoms with van der Waals surface area (Å²) in [7, 11) is 0. The lowest BCUT2D eigenvalue weighted by Crippen LogP contribution is -2.47. The molecule has 5 heteroatoms. The van der Waals surface area contributed by atoms with Crippen LogP contribution in [0.2, 0.25) is 0 Å². The molecule has 0 radical (unpaired) electrons. The van der Waals surface area contributed by atoms with Crippen molar-refractivity contribution >= 4 is 17.8 Å². The summed E-state index contributed by atoms with van der Waals surface area (Å²) in [5.74, 6) is 0. The Labute approximate surface area is 137 Å². The fourth-order valence-corrected chi connectivity index (χ4v) is 3.10. The van der Waals surface area contributed by atoms with Gasteiger partial charge in [0.2, 0.25) is 0 Å². The molecule has 0 saturated carbocycles. The van der Waals surface area contributed by atoms with Crippen LogP contribution in [0.3, 0.4) is 0 Å². The summed E-state index contributed by atoms with van der Waals surface area (Å²) in [6.45, 7) is 4.99. The molecule has 1 N–H and O–H groups in total. The van der Waals surface area contributed by atoms with E-state index < -0.39 is 0 Å². The third-order valence-electron chi connectivity index (χ3n) is 3.80. The van der Waals surface area contributed by atoms with E-state index in [4.69, 9.17) is 4.74 Å². The number of hydrogen-bond donors (Lipinski definition) is 1. The molecule has 4 nitrogen and oxygen atoms in total. The molecule has 1 aliphatic rings. The number of ether oxygens (including phenoxy) is 1. The summed E-state index contributed by atoms with van der Waals surface area (Å²) in [6, 6.07) is 8.29. The maximum Gasteiger partial charge on any atom is 0.317 e. The van der Waals surface area contributed by atoms with E-state index in [9.17, 15) is 4.79 Å². The van der Waals surface area contributed by atoms with Gasteiger partial charge in [-0.05, 0) is 43.2 Å². The first-order valence-electron chi connectivity index (χ1n) is 8.00. The lowest BCUT2D eigenvalue weighted by atomic mass is 10.1. The van der Waals surface area contributed by atoms with Gasteiger partial charge in [-0.25, -0.2) is 4.79 Å². The predicted octanol–water partition coefficient (Wildman–Crippen LogP) is 3.51. The van der Waals surface area contributed by atoms with E-state index in [0.717, 1.165) is 38.0 Å². The average Bonchev–Trinajstić information content (AvgIpc) is 2.58. The summed E-state index contributed by atoms with van der Waals surface area (Å²) in [5.41, 5.74) is 1.14. The average molecular weight is 322 g/mol. The Morgan fingerprint density at radius 1 is 1.50 bits per heavy atom. The van der Waals surface area contributed by atoms with E-state index >= 15 is 0 Å². The third-order valence-corrected chi connectivity index (χ3v) is 4.53. The molecule has 1 atom stereocenters. The fourth-order valence-electron chi connectivity index (χ4n) is 2.62. The summed E-state index contributed by atoms with van der Waals surface area (Å²) < 4.78 is 5.78. The predicted molar refractivity (Wildman–Crippen MR) is 91.3 cm³/mol. The van der Waals surface area contributed by atoms with Crippen LogP contribution in [-0.4, -0.2) is 43.0 Å². The van der Waals surface area contributed by atoms with Crippen molar-refractivity contribution < 1.29 is 9.53 Å². The second-order valence-corrected chi connectivity index (χ2v) is 6.47. The smallest absolute Gasteiger partial charge is 0.317 e. The number of amides is 2. The van der Waals surface area contributed by atoms with Gasteiger partial charge >= 0.3 is 6.03 Å². The van der Waals surface area contributed by atoms with Gasteiger partial charge in [0, 0.05) is 31.1 Å². The monoisotopic (exact) mass is 322 g/mol. The minimum absolute atomic E-state index is 0.0133. The zero-order chi connectivity index (χ0) is 15.8. The summed E-state index contributed by atoms with van der Waals surface area (Å²) >= 11 is 1.71. The van der Waals surface area contributed by atoms with Crippen molar-refractivity contribution in [1.82, 2.24) is 10.2 Å². The highest BCUT2D eigenvalue weighted by molar-refractivity contribution is 7.98. The van der Waals surface area contributed by atoms with Crippen molar-refractivity contribution in [2.75, 3.05) is 26.0 Å². The minimum Gasteiger partial charge on any atom is -0.376 e. The van der Waals surface area contributed by atoms with Crippen LogP contribution in [0.1, 0.15) is 31.7 Å². The summed E-state index contributed by atoms with van der Waals surface area (Å²) in [5, 5.41) is 3.02. The molecular formula is C17H26N2O2S. The maximum atomic E-state index is 12.3.